The Morgan fingerprint density at radius 1 is 1.00 bits per heavy atom. The van der Waals surface area contributed by atoms with Crippen molar-refractivity contribution in [3.63, 3.8) is 0 Å². The topological polar surface area (TPSA) is 24.1 Å². The smallest absolute Gasteiger partial charge is 0.0192 e. The Morgan fingerprint density at radius 2 is 1.71 bits per heavy atom. The molecule has 0 bridgehead atoms. The summed E-state index contributed by atoms with van der Waals surface area (Å²) in [5.74, 6) is 0. The van der Waals surface area contributed by atoms with E-state index in [9.17, 15) is 0 Å². The van der Waals surface area contributed by atoms with Gasteiger partial charge in [0.1, 0.15) is 0 Å². The number of rotatable bonds is 11. The van der Waals surface area contributed by atoms with E-state index in [1.165, 1.54) is 83.8 Å². The molecule has 1 aliphatic rings. The molecule has 0 amide bonds. The number of hydrogen-bond donors (Lipinski definition) is 2. The van der Waals surface area contributed by atoms with Crippen LogP contribution in [0.25, 0.3) is 0 Å². The molecule has 1 saturated heterocycles. The van der Waals surface area contributed by atoms with Crippen molar-refractivity contribution >= 4 is 0 Å². The van der Waals surface area contributed by atoms with Gasteiger partial charge >= 0.3 is 0 Å². The van der Waals surface area contributed by atoms with Gasteiger partial charge in [-0.25, -0.2) is 0 Å². The van der Waals surface area contributed by atoms with Crippen LogP contribution in [0.2, 0.25) is 0 Å². The summed E-state index contributed by atoms with van der Waals surface area (Å²) < 4.78 is 0. The summed E-state index contributed by atoms with van der Waals surface area (Å²) in [6.07, 6.45) is 14.1. The van der Waals surface area contributed by atoms with Gasteiger partial charge in [0.25, 0.3) is 0 Å². The van der Waals surface area contributed by atoms with E-state index in [4.69, 9.17) is 0 Å². The summed E-state index contributed by atoms with van der Waals surface area (Å²) in [7, 11) is 0. The second kappa shape index (κ2) is 11.0. The highest BCUT2D eigenvalue weighted by Gasteiger charge is 2.12. The Balaban J connectivity index is 1.69. The first-order valence-corrected chi connectivity index (χ1v) is 7.87. The maximum absolute atomic E-state index is 3.58. The SMILES string of the molecule is CCCCCCCCCCNCC1CCCN1. The first kappa shape index (κ1) is 15.0. The molecular formula is C15H32N2. The molecule has 1 rings (SSSR count). The van der Waals surface area contributed by atoms with Crippen molar-refractivity contribution in [2.24, 2.45) is 0 Å². The second-order valence-electron chi connectivity index (χ2n) is 5.47. The van der Waals surface area contributed by atoms with Crippen LogP contribution < -0.4 is 10.6 Å². The Kier molecular flexibility index (Phi) is 9.72. The molecule has 1 heterocycles. The molecule has 1 aliphatic heterocycles. The van der Waals surface area contributed by atoms with Gasteiger partial charge in [-0.1, -0.05) is 51.9 Å². The summed E-state index contributed by atoms with van der Waals surface area (Å²) in [6.45, 7) is 5.90. The Labute approximate surface area is 108 Å². The third-order valence-electron chi connectivity index (χ3n) is 3.76. The first-order chi connectivity index (χ1) is 8.43. The molecule has 102 valence electrons. The van der Waals surface area contributed by atoms with Crippen molar-refractivity contribution in [1.29, 1.82) is 0 Å². The Bertz CT molecular complexity index is 153. The first-order valence-electron chi connectivity index (χ1n) is 7.87. The van der Waals surface area contributed by atoms with Gasteiger partial charge in [0.2, 0.25) is 0 Å². The van der Waals surface area contributed by atoms with Crippen molar-refractivity contribution in [1.82, 2.24) is 10.6 Å². The van der Waals surface area contributed by atoms with Crippen LogP contribution in [0.15, 0.2) is 0 Å². The molecule has 1 unspecified atom stereocenters. The minimum Gasteiger partial charge on any atom is -0.315 e. The van der Waals surface area contributed by atoms with Crippen LogP contribution in [0.4, 0.5) is 0 Å². The monoisotopic (exact) mass is 240 g/mol. The fourth-order valence-corrected chi connectivity index (χ4v) is 2.59. The lowest BCUT2D eigenvalue weighted by molar-refractivity contribution is 0.511. The number of unbranched alkanes of at least 4 members (excludes halogenated alkanes) is 7. The van der Waals surface area contributed by atoms with Crippen molar-refractivity contribution in [2.45, 2.75) is 77.2 Å². The molecule has 0 aliphatic carbocycles. The minimum atomic E-state index is 0.754. The molecule has 2 N–H and O–H groups in total. The van der Waals surface area contributed by atoms with E-state index in [-0.39, 0.29) is 0 Å². The summed E-state index contributed by atoms with van der Waals surface area (Å²) in [4.78, 5) is 0. The van der Waals surface area contributed by atoms with Crippen LogP contribution in [0.5, 0.6) is 0 Å². The molecule has 0 aromatic heterocycles. The van der Waals surface area contributed by atoms with Crippen LogP contribution in [-0.4, -0.2) is 25.7 Å². The highest BCUT2D eigenvalue weighted by Crippen LogP contribution is 2.08. The minimum absolute atomic E-state index is 0.754. The molecule has 0 radical (unpaired) electrons. The highest BCUT2D eigenvalue weighted by molar-refractivity contribution is 4.75. The summed E-state index contributed by atoms with van der Waals surface area (Å²) in [5.41, 5.74) is 0. The van der Waals surface area contributed by atoms with Gasteiger partial charge in [-0.3, -0.25) is 0 Å². The largest absolute Gasteiger partial charge is 0.315 e. The van der Waals surface area contributed by atoms with Crippen LogP contribution in [-0.2, 0) is 0 Å². The zero-order valence-corrected chi connectivity index (χ0v) is 11.8. The van der Waals surface area contributed by atoms with E-state index in [1.54, 1.807) is 0 Å². The van der Waals surface area contributed by atoms with E-state index in [0.717, 1.165) is 6.04 Å². The van der Waals surface area contributed by atoms with Crippen molar-refractivity contribution in [3.8, 4) is 0 Å². The molecule has 2 heteroatoms. The molecule has 1 fully saturated rings. The van der Waals surface area contributed by atoms with Crippen LogP contribution in [0, 0.1) is 0 Å². The molecular weight excluding hydrogens is 208 g/mol. The van der Waals surface area contributed by atoms with E-state index >= 15 is 0 Å². The summed E-state index contributed by atoms with van der Waals surface area (Å²) in [6, 6.07) is 0.754. The molecule has 0 aromatic rings. The van der Waals surface area contributed by atoms with Crippen molar-refractivity contribution in [3.05, 3.63) is 0 Å². The zero-order valence-electron chi connectivity index (χ0n) is 11.8. The van der Waals surface area contributed by atoms with Gasteiger partial charge in [0.15, 0.2) is 0 Å². The van der Waals surface area contributed by atoms with Gasteiger partial charge in [-0.15, -0.1) is 0 Å². The quantitative estimate of drug-likeness (QED) is 0.540. The lowest BCUT2D eigenvalue weighted by atomic mass is 10.1. The van der Waals surface area contributed by atoms with E-state index in [2.05, 4.69) is 17.6 Å². The maximum Gasteiger partial charge on any atom is 0.0192 e. The number of nitrogens with one attached hydrogen (secondary N) is 2. The normalized spacial score (nSPS) is 19.9. The van der Waals surface area contributed by atoms with Gasteiger partial charge < -0.3 is 10.6 Å². The average molecular weight is 240 g/mol. The predicted molar refractivity (Wildman–Crippen MR) is 76.5 cm³/mol. The van der Waals surface area contributed by atoms with Crippen LogP contribution in [0.1, 0.15) is 71.1 Å². The maximum atomic E-state index is 3.58. The predicted octanol–water partition coefficient (Wildman–Crippen LogP) is 3.47. The standard InChI is InChI=1S/C15H32N2/c1-2-3-4-5-6-7-8-9-12-16-14-15-11-10-13-17-15/h15-17H,2-14H2,1H3. The lowest BCUT2D eigenvalue weighted by Crippen LogP contribution is -2.34. The van der Waals surface area contributed by atoms with Crippen LogP contribution in [0.3, 0.4) is 0 Å². The third-order valence-corrected chi connectivity index (χ3v) is 3.76. The average Bonchev–Trinajstić information content (AvgIpc) is 2.85. The lowest BCUT2D eigenvalue weighted by Gasteiger charge is -2.11. The second-order valence-corrected chi connectivity index (χ2v) is 5.47. The summed E-state index contributed by atoms with van der Waals surface area (Å²) >= 11 is 0. The van der Waals surface area contributed by atoms with Gasteiger partial charge in [-0.05, 0) is 32.4 Å². The van der Waals surface area contributed by atoms with E-state index in [0.29, 0.717) is 0 Å². The molecule has 1 atom stereocenters. The number of hydrogen-bond acceptors (Lipinski definition) is 2. The van der Waals surface area contributed by atoms with Crippen molar-refractivity contribution in [2.75, 3.05) is 19.6 Å². The van der Waals surface area contributed by atoms with Crippen LogP contribution >= 0.6 is 0 Å². The molecule has 17 heavy (non-hydrogen) atoms. The van der Waals surface area contributed by atoms with Gasteiger partial charge in [0.05, 0.1) is 0 Å². The summed E-state index contributed by atoms with van der Waals surface area (Å²) in [5, 5.41) is 7.10. The third kappa shape index (κ3) is 8.62. The fourth-order valence-electron chi connectivity index (χ4n) is 2.59. The van der Waals surface area contributed by atoms with Gasteiger partial charge in [0, 0.05) is 12.6 Å². The molecule has 2 nitrogen and oxygen atoms in total. The van der Waals surface area contributed by atoms with E-state index in [1.807, 2.05) is 0 Å². The zero-order chi connectivity index (χ0) is 12.2. The van der Waals surface area contributed by atoms with E-state index < -0.39 is 0 Å². The van der Waals surface area contributed by atoms with Gasteiger partial charge in [-0.2, -0.15) is 0 Å². The van der Waals surface area contributed by atoms with Crippen molar-refractivity contribution < 1.29 is 0 Å². The molecule has 0 aromatic carbocycles. The molecule has 0 spiro atoms. The fraction of sp³-hybridized carbons (Fsp3) is 1.00. The highest BCUT2D eigenvalue weighted by atomic mass is 15.0. The molecule has 0 saturated carbocycles. The Hall–Kier alpha value is -0.0800. The Morgan fingerprint density at radius 3 is 2.35 bits per heavy atom.